The first-order chi connectivity index (χ1) is 8.54. The fourth-order valence-corrected chi connectivity index (χ4v) is 2.18. The fraction of sp³-hybridized carbons (Fsp3) is 0.538. The van der Waals surface area contributed by atoms with E-state index in [0.717, 1.165) is 30.4 Å². The molecule has 0 amide bonds. The van der Waals surface area contributed by atoms with Crippen LogP contribution in [-0.2, 0) is 0 Å². The first-order valence-electron chi connectivity index (χ1n) is 5.90. The smallest absolute Gasteiger partial charge is 0.129 e. The summed E-state index contributed by atoms with van der Waals surface area (Å²) in [6, 6.07) is 3.35. The molecule has 0 aliphatic carbocycles. The zero-order valence-electron chi connectivity index (χ0n) is 10.6. The molecule has 1 aromatic carbocycles. The maximum Gasteiger partial charge on any atom is 0.129 e. The molecule has 0 fully saturated rings. The van der Waals surface area contributed by atoms with Crippen molar-refractivity contribution in [3.8, 4) is 0 Å². The molecule has 1 aromatic rings. The lowest BCUT2D eigenvalue weighted by Crippen LogP contribution is -2.31. The maximum atomic E-state index is 13.4. The molecule has 0 bridgehead atoms. The summed E-state index contributed by atoms with van der Waals surface area (Å²) in [6.45, 7) is 2.22. The molecular weight excluding hydrogens is 256 g/mol. The van der Waals surface area contributed by atoms with Crippen molar-refractivity contribution < 1.29 is 13.9 Å². The molecule has 0 aliphatic rings. The highest BCUT2D eigenvalue weighted by Gasteiger charge is 2.14. The Morgan fingerprint density at radius 1 is 1.39 bits per heavy atom. The van der Waals surface area contributed by atoms with Crippen molar-refractivity contribution in [2.75, 3.05) is 18.6 Å². The number of thioether (sulfide) groups is 1. The van der Waals surface area contributed by atoms with Gasteiger partial charge in [0.2, 0.25) is 0 Å². The average molecular weight is 275 g/mol. The zero-order chi connectivity index (χ0) is 13.5. The van der Waals surface area contributed by atoms with Gasteiger partial charge in [-0.1, -0.05) is 0 Å². The summed E-state index contributed by atoms with van der Waals surface area (Å²) in [6.07, 6.45) is 1.97. The summed E-state index contributed by atoms with van der Waals surface area (Å²) >= 11 is 1.75. The molecule has 2 atom stereocenters. The Balaban J connectivity index is 2.49. The lowest BCUT2D eigenvalue weighted by atomic mass is 10.1. The van der Waals surface area contributed by atoms with Gasteiger partial charge < -0.3 is 10.4 Å². The molecule has 0 heterocycles. The number of hydrogen-bond donors (Lipinski definition) is 2. The Hall–Kier alpha value is -0.650. The van der Waals surface area contributed by atoms with Crippen LogP contribution < -0.4 is 5.32 Å². The molecule has 0 saturated carbocycles. The van der Waals surface area contributed by atoms with E-state index >= 15 is 0 Å². The van der Waals surface area contributed by atoms with Crippen LogP contribution in [-0.4, -0.2) is 29.7 Å². The molecule has 0 saturated heterocycles. The summed E-state index contributed by atoms with van der Waals surface area (Å²) in [5.74, 6) is -0.0955. The van der Waals surface area contributed by atoms with Crippen LogP contribution in [0.2, 0.25) is 0 Å². The van der Waals surface area contributed by atoms with Gasteiger partial charge in [-0.2, -0.15) is 11.8 Å². The summed E-state index contributed by atoms with van der Waals surface area (Å²) in [5.41, 5.74) is -0.000401. The quantitative estimate of drug-likeness (QED) is 0.802. The second-order valence-corrected chi connectivity index (χ2v) is 5.26. The summed E-state index contributed by atoms with van der Waals surface area (Å²) < 4.78 is 26.4. The van der Waals surface area contributed by atoms with Gasteiger partial charge in [-0.25, -0.2) is 8.78 Å². The van der Waals surface area contributed by atoms with Gasteiger partial charge in [-0.05, 0) is 43.6 Å². The van der Waals surface area contributed by atoms with Crippen LogP contribution in [0.3, 0.4) is 0 Å². The minimum absolute atomic E-state index is 0.000401. The molecule has 2 unspecified atom stereocenters. The molecule has 1 rings (SSSR count). The van der Waals surface area contributed by atoms with Crippen molar-refractivity contribution in [2.24, 2.45) is 0 Å². The number of benzene rings is 1. The lowest BCUT2D eigenvalue weighted by molar-refractivity contribution is 0.165. The predicted molar refractivity (Wildman–Crippen MR) is 71.8 cm³/mol. The summed E-state index contributed by atoms with van der Waals surface area (Å²) in [5, 5.41) is 12.9. The van der Waals surface area contributed by atoms with Crippen LogP contribution in [0.5, 0.6) is 0 Å². The van der Waals surface area contributed by atoms with Gasteiger partial charge in [0, 0.05) is 18.2 Å². The van der Waals surface area contributed by atoms with Crippen LogP contribution in [0.1, 0.15) is 25.0 Å². The first-order valence-corrected chi connectivity index (χ1v) is 7.29. The third-order valence-corrected chi connectivity index (χ3v) is 3.38. The van der Waals surface area contributed by atoms with E-state index in [2.05, 4.69) is 5.32 Å². The molecule has 5 heteroatoms. The molecular formula is C13H19F2NOS. The van der Waals surface area contributed by atoms with Gasteiger partial charge in [0.1, 0.15) is 11.6 Å². The Kier molecular flexibility index (Phi) is 6.60. The minimum Gasteiger partial charge on any atom is -0.387 e. The molecule has 0 radical (unpaired) electrons. The molecule has 2 N–H and O–H groups in total. The van der Waals surface area contributed by atoms with E-state index in [1.54, 1.807) is 11.8 Å². The minimum atomic E-state index is -1.03. The van der Waals surface area contributed by atoms with Crippen LogP contribution in [0.25, 0.3) is 0 Å². The monoisotopic (exact) mass is 275 g/mol. The van der Waals surface area contributed by atoms with E-state index < -0.39 is 17.7 Å². The topological polar surface area (TPSA) is 32.3 Å². The Labute approximate surface area is 111 Å². The third-order valence-electron chi connectivity index (χ3n) is 2.73. The number of hydrogen-bond acceptors (Lipinski definition) is 3. The van der Waals surface area contributed by atoms with Crippen molar-refractivity contribution in [1.82, 2.24) is 5.32 Å². The predicted octanol–water partition coefficient (Wildman–Crippen LogP) is 2.73. The van der Waals surface area contributed by atoms with Crippen molar-refractivity contribution in [2.45, 2.75) is 25.5 Å². The van der Waals surface area contributed by atoms with E-state index in [1.807, 2.05) is 13.2 Å². The standard InChI is InChI=1S/C13H19F2NOS/c1-9(5-6-18-2)16-8-13(17)11-7-10(14)3-4-12(11)15/h3-4,7,9,13,16-17H,5-6,8H2,1-2H3. The van der Waals surface area contributed by atoms with Crippen molar-refractivity contribution >= 4 is 11.8 Å². The number of aliphatic hydroxyl groups excluding tert-OH is 1. The maximum absolute atomic E-state index is 13.4. The average Bonchev–Trinajstić information content (AvgIpc) is 2.36. The van der Waals surface area contributed by atoms with Crippen LogP contribution in [0.15, 0.2) is 18.2 Å². The molecule has 18 heavy (non-hydrogen) atoms. The number of aliphatic hydroxyl groups is 1. The van der Waals surface area contributed by atoms with Crippen molar-refractivity contribution in [3.63, 3.8) is 0 Å². The SMILES string of the molecule is CSCCC(C)NCC(O)c1cc(F)ccc1F. The number of rotatable bonds is 7. The second kappa shape index (κ2) is 7.71. The molecule has 2 nitrogen and oxygen atoms in total. The van der Waals surface area contributed by atoms with E-state index in [1.165, 1.54) is 0 Å². The Morgan fingerprint density at radius 2 is 2.11 bits per heavy atom. The molecule has 102 valence electrons. The van der Waals surface area contributed by atoms with E-state index in [9.17, 15) is 13.9 Å². The van der Waals surface area contributed by atoms with Gasteiger partial charge >= 0.3 is 0 Å². The highest BCUT2D eigenvalue weighted by molar-refractivity contribution is 7.98. The van der Waals surface area contributed by atoms with E-state index in [-0.39, 0.29) is 18.2 Å². The first kappa shape index (κ1) is 15.4. The summed E-state index contributed by atoms with van der Waals surface area (Å²) in [4.78, 5) is 0. The van der Waals surface area contributed by atoms with Crippen molar-refractivity contribution in [1.29, 1.82) is 0 Å². The normalized spacial score (nSPS) is 14.5. The highest BCUT2D eigenvalue weighted by atomic mass is 32.2. The Morgan fingerprint density at radius 3 is 2.78 bits per heavy atom. The van der Waals surface area contributed by atoms with Gasteiger partial charge in [0.25, 0.3) is 0 Å². The molecule has 0 aromatic heterocycles. The second-order valence-electron chi connectivity index (χ2n) is 4.27. The largest absolute Gasteiger partial charge is 0.387 e. The van der Waals surface area contributed by atoms with Gasteiger partial charge in [0.05, 0.1) is 6.10 Å². The van der Waals surface area contributed by atoms with Gasteiger partial charge in [-0.3, -0.25) is 0 Å². The van der Waals surface area contributed by atoms with Crippen LogP contribution in [0.4, 0.5) is 8.78 Å². The van der Waals surface area contributed by atoms with E-state index in [4.69, 9.17) is 0 Å². The van der Waals surface area contributed by atoms with E-state index in [0.29, 0.717) is 0 Å². The van der Waals surface area contributed by atoms with Crippen LogP contribution >= 0.6 is 11.8 Å². The number of nitrogens with one attached hydrogen (secondary N) is 1. The van der Waals surface area contributed by atoms with Gasteiger partial charge in [-0.15, -0.1) is 0 Å². The highest BCUT2D eigenvalue weighted by Crippen LogP contribution is 2.17. The number of halogens is 2. The lowest BCUT2D eigenvalue weighted by Gasteiger charge is -2.17. The zero-order valence-corrected chi connectivity index (χ0v) is 11.4. The van der Waals surface area contributed by atoms with Crippen LogP contribution in [0, 0.1) is 11.6 Å². The summed E-state index contributed by atoms with van der Waals surface area (Å²) in [7, 11) is 0. The molecule has 0 spiro atoms. The Bertz CT molecular complexity index is 376. The van der Waals surface area contributed by atoms with Crippen molar-refractivity contribution in [3.05, 3.63) is 35.4 Å². The molecule has 0 aliphatic heterocycles. The third kappa shape index (κ3) is 4.92. The van der Waals surface area contributed by atoms with Gasteiger partial charge in [0.15, 0.2) is 0 Å². The fourth-order valence-electron chi connectivity index (χ4n) is 1.59.